The second-order valence-corrected chi connectivity index (χ2v) is 13.2. The zero-order chi connectivity index (χ0) is 31.3. The summed E-state index contributed by atoms with van der Waals surface area (Å²) in [5.41, 5.74) is 1.04. The number of hydrogen-bond donors (Lipinski definition) is 1. The van der Waals surface area contributed by atoms with Crippen LogP contribution in [0.15, 0.2) is 83.9 Å². The van der Waals surface area contributed by atoms with Crippen LogP contribution in [0.3, 0.4) is 0 Å². The molecule has 8 nitrogen and oxygen atoms in total. The Labute approximate surface area is 264 Å². The number of hydrogen-bond acceptors (Lipinski definition) is 7. The maximum Gasteiger partial charge on any atom is 0.242 e. The Hall–Kier alpha value is -3.98. The Morgan fingerprint density at radius 3 is 2.32 bits per heavy atom. The molecule has 1 heterocycles. The summed E-state index contributed by atoms with van der Waals surface area (Å²) >= 11 is 1.34. The fourth-order valence-corrected chi connectivity index (χ4v) is 6.55. The van der Waals surface area contributed by atoms with Crippen LogP contribution in [0.5, 0.6) is 17.2 Å². The van der Waals surface area contributed by atoms with Crippen LogP contribution in [-0.4, -0.2) is 52.0 Å². The lowest BCUT2D eigenvalue weighted by Crippen LogP contribution is -2.64. The summed E-state index contributed by atoms with van der Waals surface area (Å²) < 4.78 is 17.7. The van der Waals surface area contributed by atoms with Gasteiger partial charge in [0, 0.05) is 23.9 Å². The Balaban J connectivity index is 1.32. The van der Waals surface area contributed by atoms with Crippen molar-refractivity contribution in [3.63, 3.8) is 0 Å². The Bertz CT molecular complexity index is 1460. The maximum absolute atomic E-state index is 14.0. The number of nitrogens with one attached hydrogen (secondary N) is 1. The molecular weight excluding hydrogens is 574 g/mol. The van der Waals surface area contributed by atoms with Crippen molar-refractivity contribution < 1.29 is 23.8 Å². The van der Waals surface area contributed by atoms with Crippen molar-refractivity contribution in [2.24, 2.45) is 10.4 Å². The minimum Gasteiger partial charge on any atom is -0.494 e. The zero-order valence-corrected chi connectivity index (χ0v) is 26.8. The molecule has 0 bridgehead atoms. The first-order valence-electron chi connectivity index (χ1n) is 15.2. The third kappa shape index (κ3) is 7.38. The van der Waals surface area contributed by atoms with Gasteiger partial charge in [-0.05, 0) is 80.9 Å². The number of aliphatic imine (C=N–C) groups is 1. The Morgan fingerprint density at radius 1 is 1.00 bits per heavy atom. The van der Waals surface area contributed by atoms with Gasteiger partial charge in [-0.3, -0.25) is 14.5 Å². The number of para-hydroxylation sites is 1. The Kier molecular flexibility index (Phi) is 9.84. The molecule has 9 heteroatoms. The summed E-state index contributed by atoms with van der Waals surface area (Å²) in [4.78, 5) is 33.8. The highest BCUT2D eigenvalue weighted by molar-refractivity contribution is 8.15. The largest absolute Gasteiger partial charge is 0.494 e. The highest BCUT2D eigenvalue weighted by Crippen LogP contribution is 2.49. The van der Waals surface area contributed by atoms with E-state index in [1.165, 1.54) is 11.8 Å². The lowest BCUT2D eigenvalue weighted by molar-refractivity contribution is -0.141. The average molecular weight is 616 g/mol. The predicted molar refractivity (Wildman–Crippen MR) is 176 cm³/mol. The van der Waals surface area contributed by atoms with Crippen molar-refractivity contribution in [1.29, 1.82) is 0 Å². The van der Waals surface area contributed by atoms with Gasteiger partial charge in [0.15, 0.2) is 5.17 Å². The van der Waals surface area contributed by atoms with Gasteiger partial charge in [0.1, 0.15) is 28.6 Å². The molecule has 2 amide bonds. The third-order valence-corrected chi connectivity index (χ3v) is 8.99. The molecule has 1 N–H and O–H groups in total. The highest BCUT2D eigenvalue weighted by Gasteiger charge is 2.57. The molecule has 1 aliphatic carbocycles. The van der Waals surface area contributed by atoms with E-state index in [4.69, 9.17) is 19.2 Å². The van der Waals surface area contributed by atoms with E-state index in [-0.39, 0.29) is 41.9 Å². The first kappa shape index (κ1) is 31.4. The number of carbonyl (C=O) groups is 2. The van der Waals surface area contributed by atoms with Crippen LogP contribution in [0.4, 0.5) is 11.4 Å². The second kappa shape index (κ2) is 13.8. The zero-order valence-electron chi connectivity index (χ0n) is 26.0. The summed E-state index contributed by atoms with van der Waals surface area (Å²) in [7, 11) is 0. The van der Waals surface area contributed by atoms with E-state index in [1.54, 1.807) is 4.90 Å². The van der Waals surface area contributed by atoms with Crippen LogP contribution in [0, 0.1) is 5.41 Å². The van der Waals surface area contributed by atoms with Gasteiger partial charge >= 0.3 is 0 Å². The van der Waals surface area contributed by atoms with Crippen LogP contribution in [0.25, 0.3) is 0 Å². The number of amidine groups is 1. The summed E-state index contributed by atoms with van der Waals surface area (Å²) in [5.74, 6) is 1.99. The molecular formula is C35H41N3O5S. The summed E-state index contributed by atoms with van der Waals surface area (Å²) in [6.07, 6.45) is 1.63. The van der Waals surface area contributed by atoms with Crippen molar-refractivity contribution in [3.05, 3.63) is 78.9 Å². The molecule has 3 aromatic carbocycles. The minimum atomic E-state index is -0.589. The number of benzene rings is 3. The quantitative estimate of drug-likeness (QED) is 0.227. The van der Waals surface area contributed by atoms with Crippen LogP contribution < -0.4 is 19.5 Å². The normalized spacial score (nSPS) is 21.7. The van der Waals surface area contributed by atoms with E-state index in [2.05, 4.69) is 26.1 Å². The van der Waals surface area contributed by atoms with Crippen LogP contribution >= 0.6 is 11.8 Å². The smallest absolute Gasteiger partial charge is 0.242 e. The lowest BCUT2D eigenvalue weighted by Gasteiger charge is -2.54. The maximum atomic E-state index is 14.0. The lowest BCUT2D eigenvalue weighted by atomic mass is 9.63. The Morgan fingerprint density at radius 2 is 1.68 bits per heavy atom. The van der Waals surface area contributed by atoms with E-state index in [1.807, 2.05) is 92.7 Å². The van der Waals surface area contributed by atoms with Crippen molar-refractivity contribution in [1.82, 2.24) is 4.90 Å². The van der Waals surface area contributed by atoms with Gasteiger partial charge in [-0.2, -0.15) is 0 Å². The fourth-order valence-electron chi connectivity index (χ4n) is 5.36. The average Bonchev–Trinajstić information content (AvgIpc) is 3.28. The molecule has 1 saturated heterocycles. The van der Waals surface area contributed by atoms with Gasteiger partial charge in [0.2, 0.25) is 11.8 Å². The number of anilines is 1. The number of thioether (sulfide) groups is 1. The van der Waals surface area contributed by atoms with Gasteiger partial charge < -0.3 is 19.5 Å². The number of amides is 2. The van der Waals surface area contributed by atoms with Crippen molar-refractivity contribution in [2.45, 2.75) is 77.4 Å². The molecule has 5 rings (SSSR count). The van der Waals surface area contributed by atoms with E-state index in [0.717, 1.165) is 23.7 Å². The summed E-state index contributed by atoms with van der Waals surface area (Å²) in [6, 6.07) is 24.4. The molecule has 3 aromatic rings. The molecule has 3 atom stereocenters. The molecule has 0 aromatic heterocycles. The molecule has 232 valence electrons. The van der Waals surface area contributed by atoms with Gasteiger partial charge in [-0.25, -0.2) is 4.99 Å². The number of nitrogens with zero attached hydrogens (tertiary/aromatic N) is 2. The minimum absolute atomic E-state index is 0.0331. The van der Waals surface area contributed by atoms with E-state index in [0.29, 0.717) is 29.6 Å². The van der Waals surface area contributed by atoms with Crippen molar-refractivity contribution in [2.75, 3.05) is 11.9 Å². The predicted octanol–water partition coefficient (Wildman–Crippen LogP) is 7.47. The van der Waals surface area contributed by atoms with Gasteiger partial charge in [0.05, 0.1) is 24.4 Å². The van der Waals surface area contributed by atoms with E-state index in [9.17, 15) is 9.59 Å². The number of ether oxygens (including phenoxy) is 3. The van der Waals surface area contributed by atoms with Gasteiger partial charge in [0.25, 0.3) is 0 Å². The molecule has 0 spiro atoms. The van der Waals surface area contributed by atoms with Crippen molar-refractivity contribution in [3.8, 4) is 17.2 Å². The molecule has 1 aliphatic heterocycles. The van der Waals surface area contributed by atoms with Crippen molar-refractivity contribution >= 4 is 40.1 Å². The first-order chi connectivity index (χ1) is 21.1. The van der Waals surface area contributed by atoms with Crippen LogP contribution in [0.1, 0.15) is 53.9 Å². The number of rotatable bonds is 12. The summed E-state index contributed by atoms with van der Waals surface area (Å²) in [5, 5.41) is 2.94. The SMILES string of the molecule is CCCOc1ccc(NC(=O)CC2SC(=Nc3ccc(OC(C)C)cc3)N([C@@H]3C[C@H](Oc4ccccc4)C3(C)C)C2=O)cc1. The topological polar surface area (TPSA) is 89.5 Å². The van der Waals surface area contributed by atoms with Gasteiger partial charge in [-0.1, -0.05) is 50.7 Å². The molecule has 1 unspecified atom stereocenters. The molecule has 2 aliphatic rings. The number of carbonyl (C=O) groups excluding carboxylic acids is 2. The first-order valence-corrected chi connectivity index (χ1v) is 16.1. The van der Waals surface area contributed by atoms with Gasteiger partial charge in [-0.15, -0.1) is 0 Å². The fraction of sp³-hybridized carbons (Fsp3) is 0.400. The third-order valence-electron chi connectivity index (χ3n) is 7.84. The molecule has 0 radical (unpaired) electrons. The molecule has 1 saturated carbocycles. The molecule has 44 heavy (non-hydrogen) atoms. The van der Waals surface area contributed by atoms with E-state index < -0.39 is 5.25 Å². The van der Waals surface area contributed by atoms with E-state index >= 15 is 0 Å². The second-order valence-electron chi connectivity index (χ2n) is 12.0. The van der Waals surface area contributed by atoms with Crippen LogP contribution in [0.2, 0.25) is 0 Å². The molecule has 2 fully saturated rings. The highest BCUT2D eigenvalue weighted by atomic mass is 32.2. The monoisotopic (exact) mass is 615 g/mol. The standard InChI is InChI=1S/C35H41N3O5S/c1-6-20-41-26-16-12-24(13-17-26)36-32(39)21-29-33(40)38(30-22-31(35(30,4)5)43-27-10-8-7-9-11-27)34(44-29)37-25-14-18-28(19-15-25)42-23(2)3/h7-19,23,29-31H,6,20-22H2,1-5H3,(H,36,39)/t29?,30-,31+/m1/s1. The summed E-state index contributed by atoms with van der Waals surface area (Å²) in [6.45, 7) is 10.9. The van der Waals surface area contributed by atoms with Crippen LogP contribution in [-0.2, 0) is 9.59 Å².